The molecule has 2 aromatic carbocycles. The number of benzene rings is 2. The fourth-order valence-electron chi connectivity index (χ4n) is 9.03. The average Bonchev–Trinajstić information content (AvgIpc) is 3.84. The highest BCUT2D eigenvalue weighted by atomic mass is 19.4. The van der Waals surface area contributed by atoms with Gasteiger partial charge in [-0.1, -0.05) is 19.1 Å². The van der Waals surface area contributed by atoms with Crippen LogP contribution in [0.5, 0.6) is 5.75 Å². The number of rotatable bonds is 8. The Bertz CT molecular complexity index is 2030. The summed E-state index contributed by atoms with van der Waals surface area (Å²) in [4.78, 5) is 31.5. The van der Waals surface area contributed by atoms with Crippen LogP contribution in [0.3, 0.4) is 0 Å². The van der Waals surface area contributed by atoms with Gasteiger partial charge in [0.25, 0.3) is 0 Å². The first-order valence-corrected chi connectivity index (χ1v) is 18.8. The molecule has 0 unspecified atom stereocenters. The minimum absolute atomic E-state index is 0.0342. The van der Waals surface area contributed by atoms with Gasteiger partial charge in [0, 0.05) is 67.1 Å². The van der Waals surface area contributed by atoms with Crippen LogP contribution in [0.4, 0.5) is 24.9 Å². The number of aromatic nitrogens is 4. The number of hydrogen-bond donors (Lipinski definition) is 1. The van der Waals surface area contributed by atoms with Crippen molar-refractivity contribution in [3.8, 4) is 16.9 Å². The number of piperidine rings is 2. The summed E-state index contributed by atoms with van der Waals surface area (Å²) in [6, 6.07) is 6.49. The molecule has 1 spiro atoms. The van der Waals surface area contributed by atoms with Gasteiger partial charge in [0.2, 0.25) is 11.9 Å². The lowest BCUT2D eigenvalue weighted by atomic mass is 9.72. The number of amides is 1. The Morgan fingerprint density at radius 2 is 1.77 bits per heavy atom. The van der Waals surface area contributed by atoms with Crippen LogP contribution in [0.2, 0.25) is 0 Å². The molecule has 13 heteroatoms. The van der Waals surface area contributed by atoms with Crippen molar-refractivity contribution in [3.05, 3.63) is 48.2 Å². The third-order valence-corrected chi connectivity index (χ3v) is 12.1. The molecule has 9 rings (SSSR count). The number of hydrogen-bond acceptors (Lipinski definition) is 8. The number of aryl methyl sites for hydroxylation is 1. The van der Waals surface area contributed by atoms with Crippen molar-refractivity contribution in [3.63, 3.8) is 0 Å². The van der Waals surface area contributed by atoms with E-state index in [4.69, 9.17) is 14.7 Å². The van der Waals surface area contributed by atoms with Crippen molar-refractivity contribution in [1.82, 2.24) is 30.0 Å². The van der Waals surface area contributed by atoms with Crippen molar-refractivity contribution >= 4 is 39.5 Å². The van der Waals surface area contributed by atoms with E-state index < -0.39 is 12.8 Å². The number of carbonyl (C=O) groups is 1. The van der Waals surface area contributed by atoms with Crippen LogP contribution in [0.15, 0.2) is 37.1 Å². The van der Waals surface area contributed by atoms with Gasteiger partial charge in [0.05, 0.1) is 11.7 Å². The van der Waals surface area contributed by atoms with E-state index in [9.17, 15) is 18.0 Å². The van der Waals surface area contributed by atoms with Gasteiger partial charge in [-0.3, -0.25) is 14.8 Å². The van der Waals surface area contributed by atoms with E-state index in [1.165, 1.54) is 25.3 Å². The summed E-state index contributed by atoms with van der Waals surface area (Å²) < 4.78 is 48.2. The number of nitrogens with zero attached hydrogens (tertiary/aromatic N) is 7. The van der Waals surface area contributed by atoms with Gasteiger partial charge in [-0.25, -0.2) is 4.98 Å². The summed E-state index contributed by atoms with van der Waals surface area (Å²) in [5.41, 5.74) is 4.69. The number of likely N-dealkylation sites (tertiary alicyclic amines) is 2. The molecule has 5 aliphatic rings. The standard InChI is InChI=1S/C39H45F3N8O2/c1-3-31(51)50-21-38(22-50)11-15-48(16-12-38)36-28-17-27(25-8-9-25)33(32-24(2)7-10-30-29(32)18-43-46-30)35(52-23-39(40,41)42)34(28)44-37(45-36)49-19-26(20-49)47-13-5-4-6-14-47/h3,7,10,17-18,25-26H,1,4-6,8-9,11-16,19-23H2,2H3,(H,43,46). The maximum atomic E-state index is 14.1. The van der Waals surface area contributed by atoms with Crippen molar-refractivity contribution in [2.45, 2.75) is 70.0 Å². The van der Waals surface area contributed by atoms with Crippen LogP contribution in [-0.2, 0) is 4.79 Å². The van der Waals surface area contributed by atoms with Crippen LogP contribution >= 0.6 is 0 Å². The van der Waals surface area contributed by atoms with Crippen LogP contribution < -0.4 is 14.5 Å². The molecular formula is C39H45F3N8O2. The first kappa shape index (κ1) is 33.4. The summed E-state index contributed by atoms with van der Waals surface area (Å²) in [6.45, 7) is 10.8. The Morgan fingerprint density at radius 1 is 1.02 bits per heavy atom. The highest BCUT2D eigenvalue weighted by Crippen LogP contribution is 2.53. The Labute approximate surface area is 301 Å². The van der Waals surface area contributed by atoms with Crippen LogP contribution in [-0.4, -0.2) is 107 Å². The number of anilines is 2. The predicted molar refractivity (Wildman–Crippen MR) is 195 cm³/mol. The van der Waals surface area contributed by atoms with E-state index in [-0.39, 0.29) is 23.0 Å². The average molecular weight is 715 g/mol. The molecule has 0 bridgehead atoms. The normalized spacial score (nSPS) is 21.1. The molecular weight excluding hydrogens is 669 g/mol. The first-order valence-electron chi connectivity index (χ1n) is 18.8. The number of halogens is 3. The smallest absolute Gasteiger partial charge is 0.422 e. The van der Waals surface area contributed by atoms with Crippen molar-refractivity contribution < 1.29 is 22.7 Å². The maximum absolute atomic E-state index is 14.1. The number of H-pyrrole nitrogens is 1. The number of aromatic amines is 1. The second-order valence-electron chi connectivity index (χ2n) is 15.7. The molecule has 1 saturated carbocycles. The first-order chi connectivity index (χ1) is 25.1. The summed E-state index contributed by atoms with van der Waals surface area (Å²) in [5.74, 6) is 1.60. The molecule has 0 atom stereocenters. The Kier molecular flexibility index (Phi) is 8.13. The summed E-state index contributed by atoms with van der Waals surface area (Å²) in [7, 11) is 0. The molecule has 0 radical (unpaired) electrons. The van der Waals surface area contributed by atoms with E-state index in [1.807, 2.05) is 24.0 Å². The zero-order chi connectivity index (χ0) is 35.8. The van der Waals surface area contributed by atoms with Crippen LogP contribution in [0.25, 0.3) is 32.9 Å². The van der Waals surface area contributed by atoms with Gasteiger partial charge in [0.1, 0.15) is 11.3 Å². The minimum Gasteiger partial charge on any atom is -0.481 e. The molecule has 4 aliphatic heterocycles. The van der Waals surface area contributed by atoms with Gasteiger partial charge < -0.3 is 19.4 Å². The van der Waals surface area contributed by atoms with E-state index in [0.717, 1.165) is 117 Å². The van der Waals surface area contributed by atoms with Crippen molar-refractivity contribution in [1.29, 1.82) is 0 Å². The lowest BCUT2D eigenvalue weighted by molar-refractivity contribution is -0.153. The second-order valence-corrected chi connectivity index (χ2v) is 15.7. The lowest BCUT2D eigenvalue weighted by Gasteiger charge is -2.54. The van der Waals surface area contributed by atoms with E-state index in [1.54, 1.807) is 6.20 Å². The molecule has 2 aromatic heterocycles. The number of nitrogens with one attached hydrogen (secondary N) is 1. The fourth-order valence-corrected chi connectivity index (χ4v) is 9.03. The molecule has 10 nitrogen and oxygen atoms in total. The third kappa shape index (κ3) is 5.94. The van der Waals surface area contributed by atoms with Gasteiger partial charge in [-0.05, 0) is 99.4 Å². The van der Waals surface area contributed by atoms with Crippen molar-refractivity contribution in [2.75, 3.05) is 68.8 Å². The van der Waals surface area contributed by atoms with E-state index >= 15 is 0 Å². The zero-order valence-electron chi connectivity index (χ0n) is 29.6. The second kappa shape index (κ2) is 12.6. The maximum Gasteiger partial charge on any atom is 0.422 e. The van der Waals surface area contributed by atoms with Gasteiger partial charge >= 0.3 is 6.18 Å². The molecule has 1 amide bonds. The van der Waals surface area contributed by atoms with Gasteiger partial charge in [0.15, 0.2) is 12.4 Å². The number of fused-ring (bicyclic) bond motifs is 2. The monoisotopic (exact) mass is 714 g/mol. The zero-order valence-corrected chi connectivity index (χ0v) is 29.6. The van der Waals surface area contributed by atoms with Gasteiger partial charge in [-0.2, -0.15) is 23.3 Å². The molecule has 1 N–H and O–H groups in total. The Hall–Kier alpha value is -4.39. The van der Waals surface area contributed by atoms with E-state index in [2.05, 4.69) is 37.5 Å². The van der Waals surface area contributed by atoms with Crippen LogP contribution in [0.1, 0.15) is 62.0 Å². The van der Waals surface area contributed by atoms with Gasteiger partial charge in [-0.15, -0.1) is 0 Å². The summed E-state index contributed by atoms with van der Waals surface area (Å²) in [6.07, 6.45) is 5.94. The number of carbonyl (C=O) groups excluding carboxylic acids is 1. The highest BCUT2D eigenvalue weighted by molar-refractivity contribution is 6.06. The molecule has 4 aromatic rings. The molecule has 52 heavy (non-hydrogen) atoms. The molecule has 274 valence electrons. The van der Waals surface area contributed by atoms with Crippen molar-refractivity contribution in [2.24, 2.45) is 5.41 Å². The molecule has 1 aliphatic carbocycles. The number of alkyl halides is 3. The minimum atomic E-state index is -4.54. The Morgan fingerprint density at radius 3 is 2.46 bits per heavy atom. The third-order valence-electron chi connectivity index (χ3n) is 12.1. The SMILES string of the molecule is C=CC(=O)N1CC2(CCN(c3nc(N4CC(N5CCCCC5)C4)nc4c(OCC(F)(F)F)c(-c5c(C)ccc6[nH]ncc56)c(C5CC5)cc34)CC2)C1. The fraction of sp³-hybridized carbons (Fsp3) is 0.538. The Balaban J connectivity index is 1.18. The molecule has 4 saturated heterocycles. The lowest BCUT2D eigenvalue weighted by Crippen LogP contribution is -2.62. The van der Waals surface area contributed by atoms with Crippen LogP contribution in [0, 0.1) is 12.3 Å². The number of ether oxygens (including phenoxy) is 1. The highest BCUT2D eigenvalue weighted by Gasteiger charge is 2.47. The largest absolute Gasteiger partial charge is 0.481 e. The molecule has 6 heterocycles. The molecule has 5 fully saturated rings. The quantitative estimate of drug-likeness (QED) is 0.205. The predicted octanol–water partition coefficient (Wildman–Crippen LogP) is 6.59. The van der Waals surface area contributed by atoms with E-state index in [0.29, 0.717) is 23.1 Å². The summed E-state index contributed by atoms with van der Waals surface area (Å²) in [5, 5.41) is 8.91. The summed E-state index contributed by atoms with van der Waals surface area (Å²) >= 11 is 0. The topological polar surface area (TPSA) is 93.7 Å².